The molecule has 0 spiro atoms. The number of hydrogen-bond donors (Lipinski definition) is 3. The van der Waals surface area contributed by atoms with E-state index < -0.39 is 6.10 Å². The number of furan rings is 1. The molecule has 0 radical (unpaired) electrons. The van der Waals surface area contributed by atoms with Crippen LogP contribution in [0.25, 0.3) is 6.08 Å². The molecule has 1 atom stereocenters. The highest BCUT2D eigenvalue weighted by Gasteiger charge is 2.13. The molecule has 1 unspecified atom stereocenters. The molecule has 0 aromatic carbocycles. The van der Waals surface area contributed by atoms with Gasteiger partial charge in [0.1, 0.15) is 18.1 Å². The molecule has 0 fully saturated rings. The van der Waals surface area contributed by atoms with Gasteiger partial charge >= 0.3 is 0 Å². The van der Waals surface area contributed by atoms with Crippen molar-refractivity contribution in [2.24, 2.45) is 0 Å². The van der Waals surface area contributed by atoms with Gasteiger partial charge in [-0.3, -0.25) is 0 Å². The minimum absolute atomic E-state index is 0.0990. The van der Waals surface area contributed by atoms with Crippen LogP contribution in [0.5, 0.6) is 0 Å². The van der Waals surface area contributed by atoms with Crippen LogP contribution in [0.15, 0.2) is 45.9 Å². The molecule has 1 heterocycles. The molecule has 0 aliphatic rings. The highest BCUT2D eigenvalue weighted by Crippen LogP contribution is 2.23. The fourth-order valence-corrected chi connectivity index (χ4v) is 2.41. The summed E-state index contributed by atoms with van der Waals surface area (Å²) < 4.78 is 5.47. The molecule has 4 heteroatoms. The van der Waals surface area contributed by atoms with Crippen molar-refractivity contribution in [2.45, 2.75) is 52.2 Å². The van der Waals surface area contributed by atoms with Crippen LogP contribution in [0.2, 0.25) is 0 Å². The lowest BCUT2D eigenvalue weighted by Gasteiger charge is -2.17. The zero-order chi connectivity index (χ0) is 17.2. The van der Waals surface area contributed by atoms with Crippen molar-refractivity contribution in [3.63, 3.8) is 0 Å². The predicted octanol–water partition coefficient (Wildman–Crippen LogP) is 3.59. The second-order valence-electron chi connectivity index (χ2n) is 5.47. The van der Waals surface area contributed by atoms with Crippen molar-refractivity contribution < 1.29 is 19.7 Å². The summed E-state index contributed by atoms with van der Waals surface area (Å²) in [6.07, 6.45) is 5.85. The molecule has 3 N–H and O–H groups in total. The van der Waals surface area contributed by atoms with E-state index in [0.29, 0.717) is 17.9 Å². The lowest BCUT2D eigenvalue weighted by molar-refractivity contribution is 0.200. The Balaban J connectivity index is 2.72. The van der Waals surface area contributed by atoms with Crippen molar-refractivity contribution in [3.05, 3.63) is 53.0 Å². The average molecular weight is 320 g/mol. The quantitative estimate of drug-likeness (QED) is 0.576. The molecule has 1 aromatic rings. The van der Waals surface area contributed by atoms with Gasteiger partial charge in [0, 0.05) is 0 Å². The lowest BCUT2D eigenvalue weighted by Crippen LogP contribution is -2.13. The molecule has 1 aromatic heterocycles. The van der Waals surface area contributed by atoms with Gasteiger partial charge in [0.2, 0.25) is 0 Å². The Kier molecular flexibility index (Phi) is 8.62. The van der Waals surface area contributed by atoms with Gasteiger partial charge in [-0.2, -0.15) is 0 Å². The van der Waals surface area contributed by atoms with Gasteiger partial charge in [-0.15, -0.1) is 0 Å². The van der Waals surface area contributed by atoms with E-state index in [2.05, 4.69) is 13.5 Å². The van der Waals surface area contributed by atoms with E-state index in [9.17, 15) is 5.11 Å². The molecule has 0 saturated carbocycles. The number of rotatable bonds is 10. The summed E-state index contributed by atoms with van der Waals surface area (Å²) in [5.74, 6) is 1.25. The normalized spacial score (nSPS) is 14.1. The zero-order valence-corrected chi connectivity index (χ0v) is 14.1. The summed E-state index contributed by atoms with van der Waals surface area (Å²) in [7, 11) is 0. The number of allylic oxidation sites excluding steroid dienone is 1. The Morgan fingerprint density at radius 2 is 2.00 bits per heavy atom. The first-order valence-corrected chi connectivity index (χ1v) is 8.11. The van der Waals surface area contributed by atoms with Crippen LogP contribution in [0.1, 0.15) is 51.1 Å². The first kappa shape index (κ1) is 19.4. The second-order valence-corrected chi connectivity index (χ2v) is 5.47. The highest BCUT2D eigenvalue weighted by atomic mass is 16.4. The van der Waals surface area contributed by atoms with Crippen molar-refractivity contribution in [1.29, 1.82) is 0 Å². The average Bonchev–Trinajstić information content (AvgIpc) is 3.03. The van der Waals surface area contributed by atoms with Gasteiger partial charge < -0.3 is 19.7 Å². The van der Waals surface area contributed by atoms with Crippen molar-refractivity contribution >= 4 is 6.08 Å². The van der Waals surface area contributed by atoms with E-state index >= 15 is 0 Å². The van der Waals surface area contributed by atoms with E-state index in [-0.39, 0.29) is 13.2 Å². The van der Waals surface area contributed by atoms with Crippen LogP contribution in [-0.2, 0) is 6.61 Å². The van der Waals surface area contributed by atoms with Gasteiger partial charge in [-0.05, 0) is 55.0 Å². The Morgan fingerprint density at radius 3 is 2.52 bits per heavy atom. The first-order chi connectivity index (χ1) is 11.0. The first-order valence-electron chi connectivity index (χ1n) is 8.11. The van der Waals surface area contributed by atoms with E-state index in [1.807, 2.05) is 19.1 Å². The fourth-order valence-electron chi connectivity index (χ4n) is 2.41. The van der Waals surface area contributed by atoms with Crippen LogP contribution >= 0.6 is 0 Å². The fraction of sp³-hybridized carbons (Fsp3) is 0.474. The largest absolute Gasteiger partial charge is 0.459 e. The Morgan fingerprint density at radius 1 is 1.26 bits per heavy atom. The molecule has 0 aliphatic heterocycles. The van der Waals surface area contributed by atoms with Crippen molar-refractivity contribution in [1.82, 2.24) is 0 Å². The summed E-state index contributed by atoms with van der Waals surface area (Å²) in [6, 6.07) is 3.58. The third-order valence-electron chi connectivity index (χ3n) is 3.88. The molecule has 23 heavy (non-hydrogen) atoms. The second kappa shape index (κ2) is 10.2. The van der Waals surface area contributed by atoms with Gasteiger partial charge in [-0.1, -0.05) is 32.1 Å². The van der Waals surface area contributed by atoms with Crippen LogP contribution < -0.4 is 0 Å². The van der Waals surface area contributed by atoms with E-state index in [4.69, 9.17) is 14.6 Å². The zero-order valence-electron chi connectivity index (χ0n) is 14.1. The Bertz CT molecular complexity index is 551. The summed E-state index contributed by atoms with van der Waals surface area (Å²) >= 11 is 0. The highest BCUT2D eigenvalue weighted by molar-refractivity contribution is 5.47. The Hall–Kier alpha value is -1.62. The summed E-state index contributed by atoms with van der Waals surface area (Å²) in [5, 5.41) is 28.5. The molecular weight excluding hydrogens is 292 g/mol. The number of hydrogen-bond acceptors (Lipinski definition) is 4. The maximum atomic E-state index is 10.4. The van der Waals surface area contributed by atoms with Gasteiger partial charge in [-0.25, -0.2) is 0 Å². The van der Waals surface area contributed by atoms with Gasteiger partial charge in [0.05, 0.1) is 12.7 Å². The van der Waals surface area contributed by atoms with Gasteiger partial charge in [0.25, 0.3) is 0 Å². The summed E-state index contributed by atoms with van der Waals surface area (Å²) in [4.78, 5) is 0. The molecular formula is C19H28O4. The van der Waals surface area contributed by atoms with E-state index in [0.717, 1.165) is 36.0 Å². The lowest BCUT2D eigenvalue weighted by atomic mass is 9.94. The summed E-state index contributed by atoms with van der Waals surface area (Å²) in [5.41, 5.74) is 2.74. The smallest absolute Gasteiger partial charge is 0.130 e. The topological polar surface area (TPSA) is 73.8 Å². The summed E-state index contributed by atoms with van der Waals surface area (Å²) in [6.45, 7) is 7.78. The third-order valence-corrected chi connectivity index (χ3v) is 3.88. The number of aliphatic hydroxyl groups excluding tert-OH is 3. The predicted molar refractivity (Wildman–Crippen MR) is 92.7 cm³/mol. The molecule has 4 nitrogen and oxygen atoms in total. The van der Waals surface area contributed by atoms with Crippen LogP contribution in [0, 0.1) is 0 Å². The van der Waals surface area contributed by atoms with E-state index in [1.165, 1.54) is 0 Å². The molecule has 0 amide bonds. The maximum absolute atomic E-state index is 10.4. The maximum Gasteiger partial charge on any atom is 0.130 e. The number of aliphatic hydroxyl groups is 3. The van der Waals surface area contributed by atoms with Crippen molar-refractivity contribution in [2.75, 3.05) is 6.61 Å². The molecule has 0 aliphatic carbocycles. The standard InChI is InChI=1S/C19H28O4/c1-4-14(3)18(10-11-20)19(22)9-6-15(5-2)12-16-7-8-17(13-21)23-16/h7-8,10,12,19-22H,3-6,9,11,13H2,1-2H3/b15-12+,18-10-. The minimum atomic E-state index is -0.630. The third kappa shape index (κ3) is 6.18. The van der Waals surface area contributed by atoms with Gasteiger partial charge in [0.15, 0.2) is 0 Å². The SMILES string of the molecule is C=C(CC)/C(=C/CO)C(O)CC/C(=C/c1ccc(CO)o1)CC. The molecule has 0 bridgehead atoms. The van der Waals surface area contributed by atoms with E-state index in [1.54, 1.807) is 12.1 Å². The van der Waals surface area contributed by atoms with Crippen molar-refractivity contribution in [3.8, 4) is 0 Å². The molecule has 0 saturated heterocycles. The Labute approximate surface area is 138 Å². The molecule has 128 valence electrons. The van der Waals surface area contributed by atoms with Crippen LogP contribution in [0.4, 0.5) is 0 Å². The monoisotopic (exact) mass is 320 g/mol. The van der Waals surface area contributed by atoms with Crippen LogP contribution in [0.3, 0.4) is 0 Å². The van der Waals surface area contributed by atoms with Crippen LogP contribution in [-0.4, -0.2) is 28.0 Å². The minimum Gasteiger partial charge on any atom is -0.459 e. The molecule has 1 rings (SSSR count).